The summed E-state index contributed by atoms with van der Waals surface area (Å²) in [5.74, 6) is -0.528. The van der Waals surface area contributed by atoms with Gasteiger partial charge in [0.1, 0.15) is 6.10 Å². The highest BCUT2D eigenvalue weighted by Gasteiger charge is 2.20. The summed E-state index contributed by atoms with van der Waals surface area (Å²) in [6.45, 7) is 1.83. The maximum absolute atomic E-state index is 11.5. The molecule has 3 heteroatoms. The van der Waals surface area contributed by atoms with Crippen molar-refractivity contribution in [3.8, 4) is 0 Å². The Morgan fingerprint density at radius 2 is 2.00 bits per heavy atom. The third-order valence-electron chi connectivity index (χ3n) is 2.30. The number of hydrogen-bond donors (Lipinski definition) is 1. The van der Waals surface area contributed by atoms with Gasteiger partial charge in [-0.25, -0.2) is 4.79 Å². The molecule has 90 valence electrons. The smallest absolute Gasteiger partial charge is 0.336 e. The molecule has 0 saturated heterocycles. The molecule has 0 aliphatic carbocycles. The summed E-state index contributed by atoms with van der Waals surface area (Å²) >= 11 is 0. The van der Waals surface area contributed by atoms with Crippen LogP contribution < -0.4 is 0 Å². The average molecular weight is 232 g/mol. The van der Waals surface area contributed by atoms with Gasteiger partial charge in [0, 0.05) is 0 Å². The van der Waals surface area contributed by atoms with Crippen molar-refractivity contribution in [2.75, 3.05) is 7.11 Å². The molecule has 0 aromatic heterocycles. The Bertz CT molecular complexity index is 418. The highest BCUT2D eigenvalue weighted by Crippen LogP contribution is 2.22. The Hall–Kier alpha value is -1.87. The Morgan fingerprint density at radius 3 is 2.53 bits per heavy atom. The van der Waals surface area contributed by atoms with Gasteiger partial charge in [0.2, 0.25) is 0 Å². The van der Waals surface area contributed by atoms with Crippen molar-refractivity contribution in [1.82, 2.24) is 0 Å². The highest BCUT2D eigenvalue weighted by molar-refractivity contribution is 5.90. The number of rotatable bonds is 4. The molecule has 0 fully saturated rings. The second-order valence-electron chi connectivity index (χ2n) is 3.45. The topological polar surface area (TPSA) is 46.5 Å². The number of aliphatic hydroxyl groups excluding tert-OH is 1. The van der Waals surface area contributed by atoms with Gasteiger partial charge < -0.3 is 9.84 Å². The van der Waals surface area contributed by atoms with E-state index in [0.29, 0.717) is 5.56 Å². The fourth-order valence-electron chi connectivity index (χ4n) is 1.40. The molecular weight excluding hydrogens is 216 g/mol. The van der Waals surface area contributed by atoms with Crippen molar-refractivity contribution in [3.63, 3.8) is 0 Å². The van der Waals surface area contributed by atoms with Crippen LogP contribution in [-0.4, -0.2) is 18.2 Å². The van der Waals surface area contributed by atoms with E-state index >= 15 is 0 Å². The summed E-state index contributed by atoms with van der Waals surface area (Å²) in [6, 6.07) is 8.99. The van der Waals surface area contributed by atoms with Crippen LogP contribution in [0.15, 0.2) is 54.1 Å². The van der Waals surface area contributed by atoms with Crippen molar-refractivity contribution in [2.45, 2.75) is 13.0 Å². The van der Waals surface area contributed by atoms with Gasteiger partial charge in [-0.2, -0.15) is 0 Å². The second-order valence-corrected chi connectivity index (χ2v) is 3.45. The first kappa shape index (κ1) is 13.2. The van der Waals surface area contributed by atoms with Crippen LogP contribution in [0.1, 0.15) is 18.6 Å². The van der Waals surface area contributed by atoms with E-state index in [-0.39, 0.29) is 5.57 Å². The SMILES string of the molecule is C/C=C/C=C(\C(=O)OC)C(O)c1ccccc1. The second kappa shape index (κ2) is 6.66. The van der Waals surface area contributed by atoms with E-state index in [9.17, 15) is 9.90 Å². The van der Waals surface area contributed by atoms with E-state index in [0.717, 1.165) is 0 Å². The predicted molar refractivity (Wildman–Crippen MR) is 66.3 cm³/mol. The van der Waals surface area contributed by atoms with Gasteiger partial charge in [-0.05, 0) is 18.6 Å². The first-order chi connectivity index (χ1) is 8.20. The lowest BCUT2D eigenvalue weighted by atomic mass is 10.0. The Balaban J connectivity index is 3.03. The monoisotopic (exact) mass is 232 g/mol. The first-order valence-corrected chi connectivity index (χ1v) is 5.35. The van der Waals surface area contributed by atoms with Crippen molar-refractivity contribution < 1.29 is 14.6 Å². The van der Waals surface area contributed by atoms with Crippen LogP contribution >= 0.6 is 0 Å². The van der Waals surface area contributed by atoms with Gasteiger partial charge in [0.05, 0.1) is 12.7 Å². The highest BCUT2D eigenvalue weighted by atomic mass is 16.5. The molecule has 0 aliphatic heterocycles. The number of esters is 1. The number of benzene rings is 1. The quantitative estimate of drug-likeness (QED) is 0.492. The van der Waals surface area contributed by atoms with Gasteiger partial charge in [0.25, 0.3) is 0 Å². The number of allylic oxidation sites excluding steroid dienone is 3. The minimum atomic E-state index is -0.972. The van der Waals surface area contributed by atoms with E-state index in [1.807, 2.05) is 25.1 Å². The first-order valence-electron chi connectivity index (χ1n) is 5.35. The van der Waals surface area contributed by atoms with Crippen molar-refractivity contribution in [2.24, 2.45) is 0 Å². The van der Waals surface area contributed by atoms with Gasteiger partial charge in [-0.1, -0.05) is 42.5 Å². The van der Waals surface area contributed by atoms with Crippen LogP contribution in [0.3, 0.4) is 0 Å². The van der Waals surface area contributed by atoms with Crippen LogP contribution in [0, 0.1) is 0 Å². The van der Waals surface area contributed by atoms with Gasteiger partial charge in [-0.15, -0.1) is 0 Å². The summed E-state index contributed by atoms with van der Waals surface area (Å²) in [5.41, 5.74) is 0.880. The van der Waals surface area contributed by atoms with Crippen LogP contribution in [0.2, 0.25) is 0 Å². The normalized spacial score (nSPS) is 13.7. The Kier molecular flexibility index (Phi) is 5.17. The van der Waals surface area contributed by atoms with E-state index in [4.69, 9.17) is 0 Å². The lowest BCUT2D eigenvalue weighted by Gasteiger charge is -2.13. The van der Waals surface area contributed by atoms with Crippen molar-refractivity contribution >= 4 is 5.97 Å². The molecule has 0 spiro atoms. The summed E-state index contributed by atoms with van der Waals surface area (Å²) < 4.78 is 4.65. The molecule has 17 heavy (non-hydrogen) atoms. The Morgan fingerprint density at radius 1 is 1.35 bits per heavy atom. The van der Waals surface area contributed by atoms with E-state index in [1.54, 1.807) is 30.4 Å². The fourth-order valence-corrected chi connectivity index (χ4v) is 1.40. The zero-order valence-corrected chi connectivity index (χ0v) is 9.96. The minimum Gasteiger partial charge on any atom is -0.466 e. The summed E-state index contributed by atoms with van der Waals surface area (Å²) in [4.78, 5) is 11.5. The fraction of sp³-hybridized carbons (Fsp3) is 0.214. The molecule has 1 aromatic rings. The maximum Gasteiger partial charge on any atom is 0.336 e. The molecule has 3 nitrogen and oxygen atoms in total. The van der Waals surface area contributed by atoms with Crippen LogP contribution in [0.5, 0.6) is 0 Å². The molecule has 0 bridgehead atoms. The van der Waals surface area contributed by atoms with Crippen LogP contribution in [0.25, 0.3) is 0 Å². The van der Waals surface area contributed by atoms with Crippen molar-refractivity contribution in [3.05, 3.63) is 59.7 Å². The Labute approximate surface area is 101 Å². The minimum absolute atomic E-state index is 0.219. The summed E-state index contributed by atoms with van der Waals surface area (Å²) in [6.07, 6.45) is 4.06. The molecule has 0 amide bonds. The zero-order chi connectivity index (χ0) is 12.7. The third kappa shape index (κ3) is 3.57. The largest absolute Gasteiger partial charge is 0.466 e. The molecule has 0 heterocycles. The maximum atomic E-state index is 11.5. The van der Waals surface area contributed by atoms with E-state index in [2.05, 4.69) is 4.74 Å². The van der Waals surface area contributed by atoms with Crippen LogP contribution in [-0.2, 0) is 9.53 Å². The van der Waals surface area contributed by atoms with Crippen molar-refractivity contribution in [1.29, 1.82) is 0 Å². The molecule has 0 radical (unpaired) electrons. The third-order valence-corrected chi connectivity index (χ3v) is 2.30. The van der Waals surface area contributed by atoms with E-state index < -0.39 is 12.1 Å². The summed E-state index contributed by atoms with van der Waals surface area (Å²) in [5, 5.41) is 10.1. The molecule has 1 atom stereocenters. The number of ether oxygens (including phenoxy) is 1. The number of carbonyl (C=O) groups excluding carboxylic acids is 1. The molecule has 1 aromatic carbocycles. The molecule has 1 unspecified atom stereocenters. The zero-order valence-electron chi connectivity index (χ0n) is 9.96. The number of carbonyl (C=O) groups is 1. The van der Waals surface area contributed by atoms with Crippen LogP contribution in [0.4, 0.5) is 0 Å². The average Bonchev–Trinajstić information content (AvgIpc) is 2.39. The number of hydrogen-bond acceptors (Lipinski definition) is 3. The molecule has 1 rings (SSSR count). The lowest BCUT2D eigenvalue weighted by molar-refractivity contribution is -0.137. The standard InChI is InChI=1S/C14H16O3/c1-3-4-10-12(14(16)17-2)13(15)11-8-6-5-7-9-11/h3-10,13,15H,1-2H3/b4-3+,12-10-. The molecule has 1 N–H and O–H groups in total. The van der Waals surface area contributed by atoms with Gasteiger partial charge >= 0.3 is 5.97 Å². The summed E-state index contributed by atoms with van der Waals surface area (Å²) in [7, 11) is 1.30. The lowest BCUT2D eigenvalue weighted by Crippen LogP contribution is -2.13. The number of methoxy groups -OCH3 is 1. The van der Waals surface area contributed by atoms with E-state index in [1.165, 1.54) is 7.11 Å². The molecular formula is C14H16O3. The number of aliphatic hydroxyl groups is 1. The van der Waals surface area contributed by atoms with Gasteiger partial charge in [-0.3, -0.25) is 0 Å². The predicted octanol–water partition coefficient (Wildman–Crippen LogP) is 2.40. The molecule has 0 aliphatic rings. The molecule has 0 saturated carbocycles. The van der Waals surface area contributed by atoms with Gasteiger partial charge in [0.15, 0.2) is 0 Å².